The molecule has 0 amide bonds. The predicted octanol–water partition coefficient (Wildman–Crippen LogP) is 3.24. The lowest BCUT2D eigenvalue weighted by molar-refractivity contribution is 0.387. The van der Waals surface area contributed by atoms with Crippen LogP contribution in [0.4, 0.5) is 17.6 Å². The Hall–Kier alpha value is -2.67. The monoisotopic (exact) mass is 409 g/mol. The zero-order chi connectivity index (χ0) is 20.0. The normalized spacial score (nSPS) is 21.5. The molecule has 2 fully saturated rings. The van der Waals surface area contributed by atoms with E-state index in [1.165, 1.54) is 6.42 Å². The topological polar surface area (TPSA) is 61.3 Å². The zero-order valence-electron chi connectivity index (χ0n) is 16.7. The fourth-order valence-electron chi connectivity index (χ4n) is 4.45. The Balaban J connectivity index is 1.40. The van der Waals surface area contributed by atoms with E-state index in [9.17, 15) is 0 Å². The molecule has 4 heterocycles. The Labute approximate surface area is 175 Å². The van der Waals surface area contributed by atoms with E-state index in [1.54, 1.807) is 0 Å². The highest BCUT2D eigenvalue weighted by Gasteiger charge is 2.40. The third-order valence-electron chi connectivity index (χ3n) is 6.02. The molecule has 0 N–H and O–H groups in total. The smallest absolute Gasteiger partial charge is 0.227 e. The summed E-state index contributed by atoms with van der Waals surface area (Å²) in [5.74, 6) is 3.35. The molecule has 1 aromatic carbocycles. The van der Waals surface area contributed by atoms with Gasteiger partial charge in [0, 0.05) is 44.9 Å². The van der Waals surface area contributed by atoms with Gasteiger partial charge in [-0.3, -0.25) is 4.98 Å². The Morgan fingerprint density at radius 2 is 1.90 bits per heavy atom. The molecule has 2 aliphatic rings. The second kappa shape index (κ2) is 7.30. The number of benzene rings is 1. The maximum absolute atomic E-state index is 6.07. The lowest BCUT2D eigenvalue weighted by Crippen LogP contribution is -2.49. The van der Waals surface area contributed by atoms with E-state index in [-0.39, 0.29) is 0 Å². The first-order valence-electron chi connectivity index (χ1n) is 10.0. The third kappa shape index (κ3) is 3.44. The van der Waals surface area contributed by atoms with Gasteiger partial charge in [-0.05, 0) is 43.0 Å². The van der Waals surface area contributed by atoms with Crippen molar-refractivity contribution in [3.8, 4) is 0 Å². The van der Waals surface area contributed by atoms with E-state index in [4.69, 9.17) is 21.6 Å². The Bertz CT molecular complexity index is 1040. The lowest BCUT2D eigenvalue weighted by atomic mass is 9.92. The molecule has 5 rings (SSSR count). The van der Waals surface area contributed by atoms with Crippen molar-refractivity contribution in [3.63, 3.8) is 0 Å². The maximum atomic E-state index is 6.07. The highest BCUT2D eigenvalue weighted by molar-refractivity contribution is 6.31. The fourth-order valence-corrected chi connectivity index (χ4v) is 4.62. The number of aromatic nitrogens is 4. The summed E-state index contributed by atoms with van der Waals surface area (Å²) < 4.78 is 0. The second-order valence-electron chi connectivity index (χ2n) is 8.01. The van der Waals surface area contributed by atoms with Gasteiger partial charge in [0.2, 0.25) is 5.95 Å². The zero-order valence-corrected chi connectivity index (χ0v) is 17.4. The van der Waals surface area contributed by atoms with E-state index in [1.807, 2.05) is 55.7 Å². The molecule has 0 saturated carbocycles. The molecule has 0 bridgehead atoms. The van der Waals surface area contributed by atoms with Gasteiger partial charge in [0.15, 0.2) is 0 Å². The van der Waals surface area contributed by atoms with Crippen molar-refractivity contribution in [3.05, 3.63) is 41.7 Å². The molecule has 8 heteroatoms. The van der Waals surface area contributed by atoms with E-state index in [2.05, 4.69) is 19.8 Å². The number of fused-ring (bicyclic) bond motifs is 2. The lowest BCUT2D eigenvalue weighted by Gasteiger charge is -2.39. The summed E-state index contributed by atoms with van der Waals surface area (Å²) >= 11 is 6.07. The van der Waals surface area contributed by atoms with Gasteiger partial charge in [0.25, 0.3) is 0 Å². The minimum Gasteiger partial charge on any atom is -0.363 e. The molecule has 0 radical (unpaired) electrons. The van der Waals surface area contributed by atoms with Crippen molar-refractivity contribution in [2.45, 2.75) is 18.9 Å². The minimum absolute atomic E-state index is 0.392. The summed E-state index contributed by atoms with van der Waals surface area (Å²) in [6.45, 7) is 2.91. The number of piperidine rings is 1. The average molecular weight is 410 g/mol. The van der Waals surface area contributed by atoms with Gasteiger partial charge < -0.3 is 14.7 Å². The fraction of sp³-hybridized carbons (Fsp3) is 0.429. The average Bonchev–Trinajstić information content (AvgIpc) is 3.16. The summed E-state index contributed by atoms with van der Waals surface area (Å²) in [4.78, 5) is 25.5. The van der Waals surface area contributed by atoms with Gasteiger partial charge in [0.1, 0.15) is 11.6 Å². The first kappa shape index (κ1) is 18.4. The first-order chi connectivity index (χ1) is 14.1. The Morgan fingerprint density at radius 3 is 2.76 bits per heavy atom. The number of hydrogen-bond acceptors (Lipinski definition) is 7. The van der Waals surface area contributed by atoms with Gasteiger partial charge in [0.05, 0.1) is 23.3 Å². The molecule has 2 saturated heterocycles. The predicted molar refractivity (Wildman–Crippen MR) is 117 cm³/mol. The molecule has 7 nitrogen and oxygen atoms in total. The van der Waals surface area contributed by atoms with E-state index in [0.717, 1.165) is 54.7 Å². The van der Waals surface area contributed by atoms with Gasteiger partial charge in [-0.15, -0.1) is 0 Å². The SMILES string of the molecule is CN(C)c1ccnc(N2CCC3CCN(c4cnc5cc(Cl)ccc5n4)CC32)n1. The second-order valence-corrected chi connectivity index (χ2v) is 8.45. The number of anilines is 3. The van der Waals surface area contributed by atoms with Crippen LogP contribution in [0.25, 0.3) is 11.0 Å². The molecule has 2 atom stereocenters. The van der Waals surface area contributed by atoms with Gasteiger partial charge in [-0.2, -0.15) is 4.98 Å². The van der Waals surface area contributed by atoms with Gasteiger partial charge in [-0.25, -0.2) is 9.97 Å². The van der Waals surface area contributed by atoms with Crippen molar-refractivity contribution in [1.29, 1.82) is 0 Å². The molecule has 2 aromatic heterocycles. The van der Waals surface area contributed by atoms with Crippen LogP contribution in [-0.4, -0.2) is 59.7 Å². The quantitative estimate of drug-likeness (QED) is 0.658. The van der Waals surface area contributed by atoms with Gasteiger partial charge in [-0.1, -0.05) is 11.6 Å². The third-order valence-corrected chi connectivity index (χ3v) is 6.26. The van der Waals surface area contributed by atoms with Crippen LogP contribution in [0.1, 0.15) is 12.8 Å². The first-order valence-corrected chi connectivity index (χ1v) is 10.4. The molecular weight excluding hydrogens is 386 g/mol. The number of rotatable bonds is 3. The molecule has 3 aromatic rings. The molecule has 2 unspecified atom stereocenters. The standard InChI is InChI=1S/C21H24ClN7/c1-27(2)19-5-8-23-21(26-19)29-10-7-14-6-9-28(13-18(14)29)20-12-24-17-11-15(22)3-4-16(17)25-20/h3-5,8,11-12,14,18H,6-7,9-10,13H2,1-2H3. The van der Waals surface area contributed by atoms with Crippen LogP contribution in [0, 0.1) is 5.92 Å². The highest BCUT2D eigenvalue weighted by Crippen LogP contribution is 2.35. The molecular formula is C21H24ClN7. The molecule has 150 valence electrons. The van der Waals surface area contributed by atoms with Crippen LogP contribution in [0.3, 0.4) is 0 Å². The summed E-state index contributed by atoms with van der Waals surface area (Å²) in [6, 6.07) is 7.99. The highest BCUT2D eigenvalue weighted by atomic mass is 35.5. The van der Waals surface area contributed by atoms with E-state index < -0.39 is 0 Å². The van der Waals surface area contributed by atoms with Crippen LogP contribution in [0.15, 0.2) is 36.7 Å². The van der Waals surface area contributed by atoms with Crippen LogP contribution in [0.2, 0.25) is 5.02 Å². The van der Waals surface area contributed by atoms with Crippen molar-refractivity contribution >= 4 is 40.2 Å². The number of hydrogen-bond donors (Lipinski definition) is 0. The van der Waals surface area contributed by atoms with Crippen LogP contribution < -0.4 is 14.7 Å². The largest absolute Gasteiger partial charge is 0.363 e. The number of nitrogens with zero attached hydrogens (tertiary/aromatic N) is 7. The Kier molecular flexibility index (Phi) is 4.62. The van der Waals surface area contributed by atoms with Crippen molar-refractivity contribution in [2.24, 2.45) is 5.92 Å². The van der Waals surface area contributed by atoms with Crippen molar-refractivity contribution < 1.29 is 0 Å². The Morgan fingerprint density at radius 1 is 1.03 bits per heavy atom. The summed E-state index contributed by atoms with van der Waals surface area (Å²) in [7, 11) is 4.01. The van der Waals surface area contributed by atoms with Crippen molar-refractivity contribution in [2.75, 3.05) is 48.4 Å². The van der Waals surface area contributed by atoms with Crippen LogP contribution in [0.5, 0.6) is 0 Å². The van der Waals surface area contributed by atoms with E-state index >= 15 is 0 Å². The van der Waals surface area contributed by atoms with Crippen molar-refractivity contribution in [1.82, 2.24) is 19.9 Å². The summed E-state index contributed by atoms with van der Waals surface area (Å²) in [5, 5.41) is 0.682. The van der Waals surface area contributed by atoms with Crippen LogP contribution in [-0.2, 0) is 0 Å². The minimum atomic E-state index is 0.392. The summed E-state index contributed by atoms with van der Waals surface area (Å²) in [5.41, 5.74) is 1.70. The van der Waals surface area contributed by atoms with E-state index in [0.29, 0.717) is 17.0 Å². The van der Waals surface area contributed by atoms with Crippen LogP contribution >= 0.6 is 11.6 Å². The number of halogens is 1. The maximum Gasteiger partial charge on any atom is 0.227 e. The summed E-state index contributed by atoms with van der Waals surface area (Å²) in [6.07, 6.45) is 6.05. The molecule has 0 spiro atoms. The molecule has 0 aliphatic carbocycles. The van der Waals surface area contributed by atoms with Gasteiger partial charge >= 0.3 is 0 Å². The molecule has 2 aliphatic heterocycles. The molecule has 29 heavy (non-hydrogen) atoms.